The van der Waals surface area contributed by atoms with Gasteiger partial charge in [-0.3, -0.25) is 14.5 Å². The largest absolute Gasteiger partial charge is 0.480 e. The number of benzene rings is 1. The monoisotopic (exact) mass is 497 g/mol. The van der Waals surface area contributed by atoms with E-state index >= 15 is 0 Å². The van der Waals surface area contributed by atoms with Crippen molar-refractivity contribution in [2.45, 2.75) is 39.3 Å². The summed E-state index contributed by atoms with van der Waals surface area (Å²) in [4.78, 5) is 58.5. The molecule has 2 unspecified atom stereocenters. The molecule has 0 radical (unpaired) electrons. The van der Waals surface area contributed by atoms with Crippen LogP contribution in [-0.2, 0) is 25.4 Å². The molecule has 1 heterocycles. The van der Waals surface area contributed by atoms with Crippen LogP contribution in [0.5, 0.6) is 0 Å². The number of hydrogen-bond donors (Lipinski definition) is 4. The minimum absolute atomic E-state index is 0.00770. The summed E-state index contributed by atoms with van der Waals surface area (Å²) < 4.78 is 12.9. The summed E-state index contributed by atoms with van der Waals surface area (Å²) >= 11 is 1.14. The number of aliphatic carboxylic acids is 1. The molecule has 10 nitrogen and oxygen atoms in total. The molecule has 0 aliphatic rings. The van der Waals surface area contributed by atoms with Gasteiger partial charge in [0.15, 0.2) is 0 Å². The van der Waals surface area contributed by atoms with Gasteiger partial charge in [0, 0.05) is 13.3 Å². The lowest BCUT2D eigenvalue weighted by Crippen LogP contribution is -2.57. The number of carboxylic acids is 1. The molecule has 0 aliphatic carbocycles. The van der Waals surface area contributed by atoms with Crippen molar-refractivity contribution in [2.24, 2.45) is 5.92 Å². The second-order valence-electron chi connectivity index (χ2n) is 7.74. The molecular formula is C21H28N3O7PS. The van der Waals surface area contributed by atoms with Gasteiger partial charge in [-0.05, 0) is 29.0 Å². The number of carbonyl (C=O) groups is 3. The van der Waals surface area contributed by atoms with Crippen LogP contribution in [0.15, 0.2) is 47.8 Å². The first kappa shape index (κ1) is 26.7. The van der Waals surface area contributed by atoms with Crippen molar-refractivity contribution in [3.05, 3.63) is 53.4 Å². The highest BCUT2D eigenvalue weighted by Gasteiger charge is 2.44. The number of carbonyl (C=O) groups excluding carboxylic acids is 2. The molecule has 1 aromatic carbocycles. The number of rotatable bonds is 11. The summed E-state index contributed by atoms with van der Waals surface area (Å²) in [7, 11) is -5.01. The lowest BCUT2D eigenvalue weighted by atomic mass is 9.99. The Morgan fingerprint density at radius 2 is 1.73 bits per heavy atom. The standard InChI is InChI=1S/C21H28N3O7PS/c1-14(2)19(23(32(29,30)31)13-22-15(3)25)20(26)24(18-10-7-11-33-18)17(21(27)28)12-16-8-5-4-6-9-16/h4-11,14,17,19H,12-13H2,1-3H3,(H,22,25)(H,27,28)(H2,29,30,31). The van der Waals surface area contributed by atoms with Crippen LogP contribution in [0.25, 0.3) is 0 Å². The maximum Gasteiger partial charge on any atom is 0.405 e. The van der Waals surface area contributed by atoms with Crippen LogP contribution in [0.1, 0.15) is 26.3 Å². The Morgan fingerprint density at radius 3 is 2.18 bits per heavy atom. The van der Waals surface area contributed by atoms with E-state index in [4.69, 9.17) is 0 Å². The van der Waals surface area contributed by atoms with Crippen molar-refractivity contribution < 1.29 is 33.8 Å². The molecule has 0 bridgehead atoms. The molecule has 2 amide bonds. The van der Waals surface area contributed by atoms with E-state index in [1.165, 1.54) is 6.92 Å². The molecule has 12 heteroatoms. The highest BCUT2D eigenvalue weighted by atomic mass is 32.1. The van der Waals surface area contributed by atoms with E-state index in [-0.39, 0.29) is 6.42 Å². The van der Waals surface area contributed by atoms with Gasteiger partial charge in [-0.15, -0.1) is 11.3 Å². The van der Waals surface area contributed by atoms with Gasteiger partial charge in [-0.2, -0.15) is 4.67 Å². The van der Waals surface area contributed by atoms with Crippen LogP contribution in [0.2, 0.25) is 0 Å². The van der Waals surface area contributed by atoms with Crippen LogP contribution in [-0.4, -0.2) is 56.1 Å². The van der Waals surface area contributed by atoms with E-state index < -0.39 is 50.2 Å². The van der Waals surface area contributed by atoms with Crippen molar-refractivity contribution in [3.8, 4) is 0 Å². The zero-order chi connectivity index (χ0) is 24.8. The predicted molar refractivity (Wildman–Crippen MR) is 125 cm³/mol. The predicted octanol–water partition coefficient (Wildman–Crippen LogP) is 2.29. The van der Waals surface area contributed by atoms with Crippen LogP contribution >= 0.6 is 19.1 Å². The summed E-state index contributed by atoms with van der Waals surface area (Å²) in [5.41, 5.74) is 0.686. The molecule has 4 N–H and O–H groups in total. The Balaban J connectivity index is 2.55. The van der Waals surface area contributed by atoms with Gasteiger partial charge in [-0.25, -0.2) is 9.36 Å². The van der Waals surface area contributed by atoms with Gasteiger partial charge in [0.1, 0.15) is 12.1 Å². The van der Waals surface area contributed by atoms with Gasteiger partial charge in [0.05, 0.1) is 11.7 Å². The normalized spacial score (nSPS) is 13.5. The Morgan fingerprint density at radius 1 is 1.09 bits per heavy atom. The van der Waals surface area contributed by atoms with Crippen molar-refractivity contribution in [2.75, 3.05) is 11.6 Å². The highest BCUT2D eigenvalue weighted by molar-refractivity contribution is 7.49. The Bertz CT molecular complexity index is 995. The van der Waals surface area contributed by atoms with Gasteiger partial charge in [0.25, 0.3) is 0 Å². The second kappa shape index (κ2) is 11.5. The zero-order valence-corrected chi connectivity index (χ0v) is 20.2. The third kappa shape index (κ3) is 7.21. The molecule has 33 heavy (non-hydrogen) atoms. The van der Waals surface area contributed by atoms with Gasteiger partial charge >= 0.3 is 13.7 Å². The molecule has 0 saturated heterocycles. The fourth-order valence-electron chi connectivity index (χ4n) is 3.39. The molecule has 0 fully saturated rings. The number of thiophene rings is 1. The smallest absolute Gasteiger partial charge is 0.405 e. The molecule has 2 atom stereocenters. The van der Waals surface area contributed by atoms with Crippen molar-refractivity contribution in [3.63, 3.8) is 0 Å². The quantitative estimate of drug-likeness (QED) is 0.273. The number of hydrogen-bond acceptors (Lipinski definition) is 5. The summed E-state index contributed by atoms with van der Waals surface area (Å²) in [6.45, 7) is 3.79. The molecule has 1 aromatic heterocycles. The van der Waals surface area contributed by atoms with Crippen molar-refractivity contribution >= 4 is 41.9 Å². The maximum atomic E-state index is 13.8. The fraction of sp³-hybridized carbons (Fsp3) is 0.381. The summed E-state index contributed by atoms with van der Waals surface area (Å²) in [5, 5.41) is 14.4. The lowest BCUT2D eigenvalue weighted by Gasteiger charge is -2.38. The van der Waals surface area contributed by atoms with Crippen LogP contribution in [0.3, 0.4) is 0 Å². The van der Waals surface area contributed by atoms with E-state index in [0.717, 1.165) is 16.2 Å². The average Bonchev–Trinajstić information content (AvgIpc) is 3.24. The molecule has 0 spiro atoms. The van der Waals surface area contributed by atoms with E-state index in [9.17, 15) is 33.8 Å². The topological polar surface area (TPSA) is 147 Å². The first-order chi connectivity index (χ1) is 15.4. The second-order valence-corrected chi connectivity index (χ2v) is 10.2. The third-order valence-electron chi connectivity index (χ3n) is 4.88. The molecule has 2 aromatic rings. The van der Waals surface area contributed by atoms with Gasteiger partial charge < -0.3 is 20.2 Å². The van der Waals surface area contributed by atoms with E-state index in [0.29, 0.717) is 15.2 Å². The van der Waals surface area contributed by atoms with E-state index in [1.807, 2.05) is 0 Å². The molecular weight excluding hydrogens is 469 g/mol. The Labute approximate surface area is 196 Å². The number of nitrogens with one attached hydrogen (secondary N) is 1. The van der Waals surface area contributed by atoms with Gasteiger partial charge in [-0.1, -0.05) is 44.2 Å². The summed E-state index contributed by atoms with van der Waals surface area (Å²) in [6, 6.07) is 9.29. The summed E-state index contributed by atoms with van der Waals surface area (Å²) in [6.07, 6.45) is -0.00770. The molecule has 0 aliphatic heterocycles. The number of anilines is 1. The molecule has 180 valence electrons. The first-order valence-electron chi connectivity index (χ1n) is 10.1. The lowest BCUT2D eigenvalue weighted by molar-refractivity contribution is -0.140. The number of carboxylic acid groups (broad SMARTS) is 1. The van der Waals surface area contributed by atoms with Crippen LogP contribution in [0, 0.1) is 5.92 Å². The molecule has 2 rings (SSSR count). The fourth-order valence-corrected chi connectivity index (χ4v) is 5.12. The molecule has 0 saturated carbocycles. The minimum atomic E-state index is -5.01. The Hall–Kier alpha value is -2.56. The average molecular weight is 498 g/mol. The SMILES string of the molecule is CC(=O)NCN(C(C(=O)N(c1cccs1)C(Cc1ccccc1)C(=O)O)C(C)C)P(=O)(O)O. The van der Waals surface area contributed by atoms with E-state index in [1.54, 1.807) is 61.7 Å². The number of nitrogens with zero attached hydrogens (tertiary/aromatic N) is 2. The minimum Gasteiger partial charge on any atom is -0.480 e. The number of amides is 2. The maximum absolute atomic E-state index is 13.8. The van der Waals surface area contributed by atoms with Crippen molar-refractivity contribution in [1.29, 1.82) is 0 Å². The third-order valence-corrected chi connectivity index (χ3v) is 6.81. The first-order valence-corrected chi connectivity index (χ1v) is 12.6. The Kier molecular flexibility index (Phi) is 9.33. The van der Waals surface area contributed by atoms with Crippen LogP contribution < -0.4 is 10.2 Å². The van der Waals surface area contributed by atoms with Crippen LogP contribution in [0.4, 0.5) is 5.00 Å². The van der Waals surface area contributed by atoms with Gasteiger partial charge in [0.2, 0.25) is 11.8 Å². The zero-order valence-electron chi connectivity index (χ0n) is 18.5. The van der Waals surface area contributed by atoms with E-state index in [2.05, 4.69) is 5.32 Å². The highest BCUT2D eigenvalue weighted by Crippen LogP contribution is 2.43. The van der Waals surface area contributed by atoms with Crippen molar-refractivity contribution in [1.82, 2.24) is 9.99 Å². The summed E-state index contributed by atoms with van der Waals surface area (Å²) in [5.74, 6) is -3.20.